The van der Waals surface area contributed by atoms with Gasteiger partial charge in [0.1, 0.15) is 11.5 Å². The molecule has 2 aromatic carbocycles. The SMILES string of the molecule is O=C(O)c1ccc(Oc2nc(Oc3ccc(C(=O)O)cc3)nc(N3CCCCC3)n2)cc1. The van der Waals surface area contributed by atoms with Crippen LogP contribution in [0.25, 0.3) is 0 Å². The van der Waals surface area contributed by atoms with Crippen molar-refractivity contribution in [2.24, 2.45) is 0 Å². The van der Waals surface area contributed by atoms with Gasteiger partial charge in [0, 0.05) is 13.1 Å². The molecule has 3 aromatic rings. The molecule has 10 nitrogen and oxygen atoms in total. The second-order valence-corrected chi connectivity index (χ2v) is 7.11. The Morgan fingerprint density at radius 2 is 1.12 bits per heavy atom. The fraction of sp³-hybridized carbons (Fsp3) is 0.227. The highest BCUT2D eigenvalue weighted by Crippen LogP contribution is 2.26. The van der Waals surface area contributed by atoms with Crippen LogP contribution >= 0.6 is 0 Å². The van der Waals surface area contributed by atoms with Crippen LogP contribution in [0.15, 0.2) is 48.5 Å². The minimum Gasteiger partial charge on any atom is -0.478 e. The highest BCUT2D eigenvalue weighted by atomic mass is 16.5. The molecule has 1 aliphatic rings. The van der Waals surface area contributed by atoms with Gasteiger partial charge in [0.25, 0.3) is 0 Å². The van der Waals surface area contributed by atoms with Crippen LogP contribution in [0, 0.1) is 0 Å². The Morgan fingerprint density at radius 3 is 1.53 bits per heavy atom. The normalized spacial score (nSPS) is 13.4. The van der Waals surface area contributed by atoms with E-state index in [1.54, 1.807) is 0 Å². The number of aromatic nitrogens is 3. The van der Waals surface area contributed by atoms with Crippen molar-refractivity contribution in [3.63, 3.8) is 0 Å². The number of hydrogen-bond acceptors (Lipinski definition) is 8. The lowest BCUT2D eigenvalue weighted by atomic mass is 10.1. The summed E-state index contributed by atoms with van der Waals surface area (Å²) in [5, 5.41) is 18.1. The maximum Gasteiger partial charge on any atom is 0.335 e. The van der Waals surface area contributed by atoms with Crippen LogP contribution in [-0.2, 0) is 0 Å². The van der Waals surface area contributed by atoms with E-state index < -0.39 is 11.9 Å². The first-order valence-electron chi connectivity index (χ1n) is 10.0. The van der Waals surface area contributed by atoms with Crippen molar-refractivity contribution in [3.05, 3.63) is 59.7 Å². The van der Waals surface area contributed by atoms with Crippen molar-refractivity contribution < 1.29 is 29.3 Å². The van der Waals surface area contributed by atoms with Gasteiger partial charge in [0.2, 0.25) is 5.95 Å². The summed E-state index contributed by atoms with van der Waals surface area (Å²) >= 11 is 0. The molecule has 0 radical (unpaired) electrons. The molecule has 0 bridgehead atoms. The molecule has 1 fully saturated rings. The van der Waals surface area contributed by atoms with Gasteiger partial charge in [-0.05, 0) is 67.8 Å². The minimum atomic E-state index is -1.03. The second kappa shape index (κ2) is 9.29. The Labute approximate surface area is 183 Å². The molecule has 2 N–H and O–H groups in total. The van der Waals surface area contributed by atoms with Crippen LogP contribution < -0.4 is 14.4 Å². The summed E-state index contributed by atoms with van der Waals surface area (Å²) in [4.78, 5) is 37.1. The van der Waals surface area contributed by atoms with Gasteiger partial charge in [-0.15, -0.1) is 4.98 Å². The maximum atomic E-state index is 11.0. The third kappa shape index (κ3) is 5.09. The number of hydrogen-bond donors (Lipinski definition) is 2. The third-order valence-corrected chi connectivity index (χ3v) is 4.84. The van der Waals surface area contributed by atoms with Crippen LogP contribution in [0.3, 0.4) is 0 Å². The molecule has 0 amide bonds. The van der Waals surface area contributed by atoms with Gasteiger partial charge < -0.3 is 24.6 Å². The van der Waals surface area contributed by atoms with E-state index in [1.165, 1.54) is 48.5 Å². The quantitative estimate of drug-likeness (QED) is 0.562. The van der Waals surface area contributed by atoms with E-state index in [2.05, 4.69) is 15.0 Å². The van der Waals surface area contributed by atoms with E-state index in [4.69, 9.17) is 19.7 Å². The van der Waals surface area contributed by atoms with E-state index in [0.717, 1.165) is 32.4 Å². The van der Waals surface area contributed by atoms with Crippen molar-refractivity contribution in [2.75, 3.05) is 18.0 Å². The highest BCUT2D eigenvalue weighted by molar-refractivity contribution is 5.88. The molecule has 1 aliphatic heterocycles. The molecular weight excluding hydrogens is 416 g/mol. The van der Waals surface area contributed by atoms with Gasteiger partial charge >= 0.3 is 24.0 Å². The molecule has 0 saturated carbocycles. The lowest BCUT2D eigenvalue weighted by Gasteiger charge is -2.26. The maximum absolute atomic E-state index is 11.0. The fourth-order valence-corrected chi connectivity index (χ4v) is 3.20. The standard InChI is InChI=1S/C22H20N4O6/c27-18(28)14-4-8-16(9-5-14)31-21-23-20(26-12-2-1-3-13-26)24-22(25-21)32-17-10-6-15(7-11-17)19(29)30/h4-11H,1-3,12-13H2,(H,27,28)(H,29,30). The van der Waals surface area contributed by atoms with Crippen LogP contribution in [0.2, 0.25) is 0 Å². The van der Waals surface area contributed by atoms with E-state index in [0.29, 0.717) is 17.4 Å². The Bertz CT molecular complexity index is 1030. The van der Waals surface area contributed by atoms with Crippen molar-refractivity contribution in [1.82, 2.24) is 15.0 Å². The number of nitrogens with zero attached hydrogens (tertiary/aromatic N) is 4. The van der Waals surface area contributed by atoms with Crippen LogP contribution in [0.1, 0.15) is 40.0 Å². The van der Waals surface area contributed by atoms with Crippen molar-refractivity contribution in [1.29, 1.82) is 0 Å². The van der Waals surface area contributed by atoms with Gasteiger partial charge in [0.15, 0.2) is 0 Å². The molecule has 1 aromatic heterocycles. The average Bonchev–Trinajstić information content (AvgIpc) is 2.80. The summed E-state index contributed by atoms with van der Waals surface area (Å²) in [6.45, 7) is 1.59. The highest BCUT2D eigenvalue weighted by Gasteiger charge is 2.18. The van der Waals surface area contributed by atoms with Crippen LogP contribution in [0.5, 0.6) is 23.5 Å². The minimum absolute atomic E-state index is 0.000745. The number of carbonyl (C=O) groups is 2. The summed E-state index contributed by atoms with van der Waals surface area (Å²) in [5.41, 5.74) is 0.270. The predicted octanol–water partition coefficient (Wildman–Crippen LogP) is 3.84. The van der Waals surface area contributed by atoms with Crippen LogP contribution in [-0.4, -0.2) is 50.2 Å². The Hall–Kier alpha value is -4.21. The lowest BCUT2D eigenvalue weighted by molar-refractivity contribution is 0.0686. The number of rotatable bonds is 7. The lowest BCUT2D eigenvalue weighted by Crippen LogP contribution is -2.31. The molecule has 1 saturated heterocycles. The second-order valence-electron chi connectivity index (χ2n) is 7.11. The molecule has 0 atom stereocenters. The van der Waals surface area contributed by atoms with Crippen molar-refractivity contribution in [3.8, 4) is 23.5 Å². The van der Waals surface area contributed by atoms with Gasteiger partial charge in [0.05, 0.1) is 11.1 Å². The average molecular weight is 436 g/mol. The first-order valence-corrected chi connectivity index (χ1v) is 10.0. The van der Waals surface area contributed by atoms with Crippen molar-refractivity contribution in [2.45, 2.75) is 19.3 Å². The van der Waals surface area contributed by atoms with Gasteiger partial charge in [-0.2, -0.15) is 9.97 Å². The number of ether oxygens (including phenoxy) is 2. The summed E-state index contributed by atoms with van der Waals surface area (Å²) in [6.07, 6.45) is 3.18. The number of carboxylic acid groups (broad SMARTS) is 2. The summed E-state index contributed by atoms with van der Waals surface area (Å²) < 4.78 is 11.5. The largest absolute Gasteiger partial charge is 0.478 e. The zero-order valence-electron chi connectivity index (χ0n) is 17.0. The topological polar surface area (TPSA) is 135 Å². The zero-order valence-corrected chi connectivity index (χ0v) is 17.0. The Morgan fingerprint density at radius 1 is 0.688 bits per heavy atom. The predicted molar refractivity (Wildman–Crippen MR) is 113 cm³/mol. The van der Waals surface area contributed by atoms with Crippen molar-refractivity contribution >= 4 is 17.9 Å². The molecule has 10 heteroatoms. The molecule has 4 rings (SSSR count). The molecular formula is C22H20N4O6. The number of anilines is 1. The molecule has 164 valence electrons. The number of piperidine rings is 1. The van der Waals surface area contributed by atoms with E-state index in [9.17, 15) is 9.59 Å². The fourth-order valence-electron chi connectivity index (χ4n) is 3.20. The van der Waals surface area contributed by atoms with Crippen LogP contribution in [0.4, 0.5) is 5.95 Å². The number of benzene rings is 2. The smallest absolute Gasteiger partial charge is 0.335 e. The van der Waals surface area contributed by atoms with E-state index in [-0.39, 0.29) is 23.1 Å². The Balaban J connectivity index is 1.61. The molecule has 2 heterocycles. The summed E-state index contributed by atoms with van der Waals surface area (Å²) in [6, 6.07) is 11.7. The van der Waals surface area contributed by atoms with Gasteiger partial charge in [-0.25, -0.2) is 9.59 Å². The van der Waals surface area contributed by atoms with Gasteiger partial charge in [-0.3, -0.25) is 0 Å². The van der Waals surface area contributed by atoms with E-state index in [1.807, 2.05) is 4.90 Å². The summed E-state index contributed by atoms with van der Waals surface area (Å²) in [7, 11) is 0. The first-order chi connectivity index (χ1) is 15.5. The molecule has 0 unspecified atom stereocenters. The van der Waals surface area contributed by atoms with Gasteiger partial charge in [-0.1, -0.05) is 0 Å². The Kier molecular flexibility index (Phi) is 6.11. The molecule has 0 spiro atoms. The first kappa shape index (κ1) is 21.0. The molecule has 0 aliphatic carbocycles. The monoisotopic (exact) mass is 436 g/mol. The zero-order chi connectivity index (χ0) is 22.5. The van der Waals surface area contributed by atoms with E-state index >= 15 is 0 Å². The summed E-state index contributed by atoms with van der Waals surface area (Å²) in [5.74, 6) is -0.929. The number of carboxylic acids is 2. The third-order valence-electron chi connectivity index (χ3n) is 4.84. The molecule has 32 heavy (non-hydrogen) atoms. The number of aromatic carboxylic acids is 2.